The van der Waals surface area contributed by atoms with Crippen LogP contribution in [0.1, 0.15) is 52.4 Å². The number of hydrogen-bond donors (Lipinski definition) is 14. The van der Waals surface area contributed by atoms with Crippen molar-refractivity contribution in [3.63, 3.8) is 0 Å². The van der Waals surface area contributed by atoms with Crippen LogP contribution in [0.3, 0.4) is 0 Å². The van der Waals surface area contributed by atoms with Gasteiger partial charge in [-0.15, -0.1) is 0 Å². The number of carbonyl (C=O) groups is 4. The van der Waals surface area contributed by atoms with E-state index in [1.807, 2.05) is 0 Å². The molecule has 0 bridgehead atoms. The van der Waals surface area contributed by atoms with Crippen molar-refractivity contribution in [2.75, 3.05) is 19.6 Å². The molecule has 4 atom stereocenters. The van der Waals surface area contributed by atoms with Gasteiger partial charge in [-0.2, -0.15) is 0 Å². The van der Waals surface area contributed by atoms with Gasteiger partial charge in [0.2, 0.25) is 0 Å². The highest BCUT2D eigenvalue weighted by molar-refractivity contribution is 5.76. The molecule has 0 amide bonds. The summed E-state index contributed by atoms with van der Waals surface area (Å²) in [5.74, 6) is -3.87. The lowest BCUT2D eigenvalue weighted by molar-refractivity contribution is -0.140. The number of aliphatic imine (C=N–C) groups is 3. The summed E-state index contributed by atoms with van der Waals surface area (Å²) in [5.41, 5.74) is 51.1. The quantitative estimate of drug-likeness (QED) is 0.0404. The molecule has 4 unspecified atom stereocenters. The van der Waals surface area contributed by atoms with Gasteiger partial charge in [-0.1, -0.05) is 13.8 Å². The van der Waals surface area contributed by atoms with Crippen LogP contribution in [-0.4, -0.2) is 106 Å². The molecular formula is C23H53N13O8. The van der Waals surface area contributed by atoms with E-state index in [4.69, 9.17) is 77.8 Å². The SMILES string of the molecule is CC(C)C(N)C(=O)O.NC(N)=NCCCC(N)C(=O)O.NC(N)=NCCCC(N)C(=O)O.NC(N)=NCCCC(N)C(=O)O. The van der Waals surface area contributed by atoms with Crippen molar-refractivity contribution in [1.29, 1.82) is 0 Å². The third-order valence-electron chi connectivity index (χ3n) is 4.86. The van der Waals surface area contributed by atoms with Gasteiger partial charge in [-0.25, -0.2) is 0 Å². The van der Waals surface area contributed by atoms with E-state index in [0.29, 0.717) is 58.2 Å². The number of carboxylic acids is 4. The molecule has 21 nitrogen and oxygen atoms in total. The fourth-order valence-electron chi connectivity index (χ4n) is 2.21. The lowest BCUT2D eigenvalue weighted by Gasteiger charge is -2.07. The number of aliphatic carboxylic acids is 4. The van der Waals surface area contributed by atoms with Crippen molar-refractivity contribution in [2.45, 2.75) is 76.5 Å². The van der Waals surface area contributed by atoms with Crippen molar-refractivity contribution < 1.29 is 39.6 Å². The zero-order valence-electron chi connectivity index (χ0n) is 25.3. The van der Waals surface area contributed by atoms with Crippen LogP contribution in [0.25, 0.3) is 0 Å². The first-order valence-electron chi connectivity index (χ1n) is 13.3. The molecule has 0 aromatic rings. The summed E-state index contributed by atoms with van der Waals surface area (Å²) in [5, 5.41) is 33.4. The van der Waals surface area contributed by atoms with Crippen molar-refractivity contribution in [2.24, 2.45) is 78.2 Å². The van der Waals surface area contributed by atoms with E-state index in [1.165, 1.54) is 0 Å². The smallest absolute Gasteiger partial charge is 0.320 e. The second-order valence-electron chi connectivity index (χ2n) is 9.29. The fourth-order valence-corrected chi connectivity index (χ4v) is 2.21. The summed E-state index contributed by atoms with van der Waals surface area (Å²) in [6.45, 7) is 4.81. The lowest BCUT2D eigenvalue weighted by atomic mass is 10.1. The number of carboxylic acid groups (broad SMARTS) is 4. The summed E-state index contributed by atoms with van der Waals surface area (Å²) in [4.78, 5) is 51.7. The van der Waals surface area contributed by atoms with Gasteiger partial charge in [0.25, 0.3) is 0 Å². The van der Waals surface area contributed by atoms with Crippen molar-refractivity contribution in [3.8, 4) is 0 Å². The highest BCUT2D eigenvalue weighted by atomic mass is 16.4. The van der Waals surface area contributed by atoms with Crippen LogP contribution in [-0.2, 0) is 19.2 Å². The van der Waals surface area contributed by atoms with E-state index in [1.54, 1.807) is 13.8 Å². The minimum atomic E-state index is -1.00. The van der Waals surface area contributed by atoms with Gasteiger partial charge in [0.1, 0.15) is 24.2 Å². The molecular weight excluding hydrogens is 586 g/mol. The van der Waals surface area contributed by atoms with Crippen molar-refractivity contribution >= 4 is 41.8 Å². The maximum absolute atomic E-state index is 10.2. The Bertz CT molecular complexity index is 809. The maximum Gasteiger partial charge on any atom is 0.320 e. The molecule has 44 heavy (non-hydrogen) atoms. The zero-order chi connectivity index (χ0) is 35.4. The first-order valence-corrected chi connectivity index (χ1v) is 13.3. The number of nitrogens with two attached hydrogens (primary N) is 10. The topological polar surface area (TPSA) is 446 Å². The standard InChI is InChI=1S/3C6H14N4O2.C5H11NO2/c3*7-4(5(11)12)2-1-3-10-6(8)9;1-3(2)4(6)5(7)8/h3*4H,1-3,7H2,(H,11,12)(H4,8,9,10);3-4H,6H2,1-2H3,(H,7,8). The highest BCUT2D eigenvalue weighted by Gasteiger charge is 2.14. The molecule has 24 N–H and O–H groups in total. The van der Waals surface area contributed by atoms with Gasteiger partial charge in [0.15, 0.2) is 17.9 Å². The average Bonchev–Trinajstić information content (AvgIpc) is 2.91. The predicted octanol–water partition coefficient (Wildman–Crippen LogP) is -4.59. The Hall–Kier alpha value is -4.47. The Morgan fingerprint density at radius 2 is 0.727 bits per heavy atom. The van der Waals surface area contributed by atoms with Gasteiger partial charge in [0, 0.05) is 19.6 Å². The van der Waals surface area contributed by atoms with Crippen LogP contribution in [0.5, 0.6) is 0 Å². The molecule has 0 saturated heterocycles. The normalized spacial score (nSPS) is 12.4. The van der Waals surface area contributed by atoms with E-state index in [0.717, 1.165) is 0 Å². The van der Waals surface area contributed by atoms with E-state index in [2.05, 4.69) is 15.0 Å². The first-order chi connectivity index (χ1) is 20.2. The molecule has 0 aromatic carbocycles. The van der Waals surface area contributed by atoms with Crippen LogP contribution in [0.2, 0.25) is 0 Å². The fraction of sp³-hybridized carbons (Fsp3) is 0.696. The van der Waals surface area contributed by atoms with Crippen LogP contribution in [0.15, 0.2) is 15.0 Å². The van der Waals surface area contributed by atoms with Gasteiger partial charge < -0.3 is 77.8 Å². The third kappa shape index (κ3) is 37.5. The summed E-state index contributed by atoms with van der Waals surface area (Å²) in [6, 6.07) is -3.17. The zero-order valence-corrected chi connectivity index (χ0v) is 25.3. The molecule has 0 heterocycles. The molecule has 258 valence electrons. The molecule has 21 heteroatoms. The van der Waals surface area contributed by atoms with Crippen LogP contribution < -0.4 is 57.3 Å². The molecule has 0 aliphatic carbocycles. The molecule has 0 aliphatic heterocycles. The van der Waals surface area contributed by atoms with Gasteiger partial charge >= 0.3 is 23.9 Å². The molecule has 0 aromatic heterocycles. The van der Waals surface area contributed by atoms with Crippen LogP contribution in [0.4, 0.5) is 0 Å². The van der Waals surface area contributed by atoms with E-state index in [9.17, 15) is 19.2 Å². The van der Waals surface area contributed by atoms with Gasteiger partial charge in [0.05, 0.1) is 0 Å². The molecule has 0 fully saturated rings. The molecule has 0 radical (unpaired) electrons. The Balaban J connectivity index is -0.000000245. The van der Waals surface area contributed by atoms with Crippen LogP contribution >= 0.6 is 0 Å². The van der Waals surface area contributed by atoms with Crippen molar-refractivity contribution in [1.82, 2.24) is 0 Å². The molecule has 0 saturated carbocycles. The highest BCUT2D eigenvalue weighted by Crippen LogP contribution is 1.97. The van der Waals surface area contributed by atoms with Gasteiger partial charge in [-0.3, -0.25) is 34.2 Å². The van der Waals surface area contributed by atoms with Crippen molar-refractivity contribution in [3.05, 3.63) is 0 Å². The molecule has 0 spiro atoms. The first kappa shape index (κ1) is 46.5. The number of rotatable bonds is 17. The Labute approximate surface area is 256 Å². The second-order valence-corrected chi connectivity index (χ2v) is 9.29. The Kier molecular flexibility index (Phi) is 30.3. The Morgan fingerprint density at radius 3 is 0.841 bits per heavy atom. The summed E-state index contributed by atoms with van der Waals surface area (Å²) in [6.07, 6.45) is 2.87. The average molecular weight is 640 g/mol. The van der Waals surface area contributed by atoms with E-state index < -0.39 is 48.0 Å². The largest absolute Gasteiger partial charge is 0.480 e. The number of guanidine groups is 3. The maximum atomic E-state index is 10.2. The number of hydrogen-bond acceptors (Lipinski definition) is 11. The summed E-state index contributed by atoms with van der Waals surface area (Å²) < 4.78 is 0. The lowest BCUT2D eigenvalue weighted by Crippen LogP contribution is -2.34. The van der Waals surface area contributed by atoms with Crippen LogP contribution in [0, 0.1) is 5.92 Å². The Morgan fingerprint density at radius 1 is 0.500 bits per heavy atom. The monoisotopic (exact) mass is 639 g/mol. The van der Waals surface area contributed by atoms with Gasteiger partial charge in [-0.05, 0) is 44.4 Å². The minimum absolute atomic E-state index is 0.0129. The summed E-state index contributed by atoms with van der Waals surface area (Å²) >= 11 is 0. The second kappa shape index (κ2) is 28.6. The molecule has 0 rings (SSSR count). The molecule has 0 aliphatic rings. The van der Waals surface area contributed by atoms with E-state index in [-0.39, 0.29) is 23.8 Å². The minimum Gasteiger partial charge on any atom is -0.480 e. The predicted molar refractivity (Wildman–Crippen MR) is 167 cm³/mol. The third-order valence-corrected chi connectivity index (χ3v) is 4.86. The number of nitrogens with zero attached hydrogens (tertiary/aromatic N) is 3. The summed E-state index contributed by atoms with van der Waals surface area (Å²) in [7, 11) is 0. The van der Waals surface area contributed by atoms with E-state index >= 15 is 0 Å².